The molecule has 2 atom stereocenters. The standard InChI is InChI=1S/C11H19NO/c13-11-7-8-12-10-6-4-2-1-3-5-9(10)11/h9-10,12H,1-8H2. The molecule has 13 heavy (non-hydrogen) atoms. The minimum Gasteiger partial charge on any atom is -0.313 e. The van der Waals surface area contributed by atoms with Crippen LogP contribution in [0.1, 0.15) is 44.9 Å². The molecule has 2 aliphatic rings. The molecule has 2 nitrogen and oxygen atoms in total. The molecule has 2 heteroatoms. The summed E-state index contributed by atoms with van der Waals surface area (Å²) in [5.41, 5.74) is 0. The summed E-state index contributed by atoms with van der Waals surface area (Å²) in [5, 5.41) is 3.50. The summed E-state index contributed by atoms with van der Waals surface area (Å²) in [6.07, 6.45) is 8.37. The first-order chi connectivity index (χ1) is 6.38. The average Bonchev–Trinajstić information content (AvgIpc) is 2.07. The molecule has 0 bridgehead atoms. The fraction of sp³-hybridized carbons (Fsp3) is 0.909. The third-order valence-electron chi connectivity index (χ3n) is 3.46. The Balaban J connectivity index is 2.00. The molecule has 1 heterocycles. The zero-order chi connectivity index (χ0) is 9.10. The molecule has 0 aromatic carbocycles. The fourth-order valence-corrected chi connectivity index (χ4v) is 2.68. The third-order valence-corrected chi connectivity index (χ3v) is 3.46. The van der Waals surface area contributed by atoms with E-state index in [1.807, 2.05) is 0 Å². The van der Waals surface area contributed by atoms with Crippen LogP contribution in [0.2, 0.25) is 0 Å². The van der Waals surface area contributed by atoms with Gasteiger partial charge in [0.25, 0.3) is 0 Å². The zero-order valence-corrected chi connectivity index (χ0v) is 8.22. The summed E-state index contributed by atoms with van der Waals surface area (Å²) in [4.78, 5) is 11.7. The predicted octanol–water partition coefficient (Wildman–Crippen LogP) is 1.89. The van der Waals surface area contributed by atoms with Crippen LogP contribution in [0, 0.1) is 5.92 Å². The Morgan fingerprint density at radius 1 is 1.08 bits per heavy atom. The van der Waals surface area contributed by atoms with Gasteiger partial charge in [0.1, 0.15) is 5.78 Å². The Morgan fingerprint density at radius 3 is 2.69 bits per heavy atom. The summed E-state index contributed by atoms with van der Waals surface area (Å²) in [7, 11) is 0. The molecule has 2 unspecified atom stereocenters. The second kappa shape index (κ2) is 4.23. The van der Waals surface area contributed by atoms with E-state index in [9.17, 15) is 4.79 Å². The van der Waals surface area contributed by atoms with Crippen LogP contribution in [-0.4, -0.2) is 18.4 Å². The van der Waals surface area contributed by atoms with E-state index >= 15 is 0 Å². The molecule has 1 saturated heterocycles. The first kappa shape index (κ1) is 9.20. The van der Waals surface area contributed by atoms with Gasteiger partial charge in [0.05, 0.1) is 0 Å². The minimum atomic E-state index is 0.356. The predicted molar refractivity (Wildman–Crippen MR) is 52.6 cm³/mol. The number of carbonyl (C=O) groups is 1. The first-order valence-corrected chi connectivity index (χ1v) is 5.64. The second-order valence-electron chi connectivity index (χ2n) is 4.37. The lowest BCUT2D eigenvalue weighted by atomic mass is 9.81. The van der Waals surface area contributed by atoms with Gasteiger partial charge in [0.2, 0.25) is 0 Å². The molecular formula is C11H19NO. The Morgan fingerprint density at radius 2 is 1.85 bits per heavy atom. The van der Waals surface area contributed by atoms with Gasteiger partial charge >= 0.3 is 0 Å². The van der Waals surface area contributed by atoms with Crippen molar-refractivity contribution >= 4 is 5.78 Å². The molecule has 1 saturated carbocycles. The molecule has 2 rings (SSSR count). The SMILES string of the molecule is O=C1CCNC2CCCCCCC12. The van der Waals surface area contributed by atoms with Crippen molar-refractivity contribution in [2.24, 2.45) is 5.92 Å². The molecule has 0 spiro atoms. The molecule has 1 aliphatic heterocycles. The Kier molecular flexibility index (Phi) is 2.99. The van der Waals surface area contributed by atoms with Crippen LogP contribution < -0.4 is 5.32 Å². The molecule has 0 radical (unpaired) electrons. The van der Waals surface area contributed by atoms with E-state index in [1.54, 1.807) is 0 Å². The van der Waals surface area contributed by atoms with E-state index in [2.05, 4.69) is 5.32 Å². The van der Waals surface area contributed by atoms with Crippen molar-refractivity contribution < 1.29 is 4.79 Å². The number of hydrogen-bond acceptors (Lipinski definition) is 2. The zero-order valence-electron chi connectivity index (χ0n) is 8.22. The van der Waals surface area contributed by atoms with E-state index < -0.39 is 0 Å². The van der Waals surface area contributed by atoms with Crippen LogP contribution in [0.15, 0.2) is 0 Å². The topological polar surface area (TPSA) is 29.1 Å². The van der Waals surface area contributed by atoms with Gasteiger partial charge in [-0.15, -0.1) is 0 Å². The number of hydrogen-bond donors (Lipinski definition) is 1. The van der Waals surface area contributed by atoms with Crippen molar-refractivity contribution in [2.45, 2.75) is 51.0 Å². The van der Waals surface area contributed by atoms with Crippen LogP contribution in [0.3, 0.4) is 0 Å². The minimum absolute atomic E-state index is 0.356. The normalized spacial score (nSPS) is 36.2. The maximum atomic E-state index is 11.7. The van der Waals surface area contributed by atoms with Crippen LogP contribution >= 0.6 is 0 Å². The van der Waals surface area contributed by atoms with Crippen molar-refractivity contribution in [3.05, 3.63) is 0 Å². The highest BCUT2D eigenvalue weighted by Gasteiger charge is 2.31. The average molecular weight is 181 g/mol. The largest absolute Gasteiger partial charge is 0.313 e. The number of fused-ring (bicyclic) bond motifs is 1. The molecule has 1 N–H and O–H groups in total. The van der Waals surface area contributed by atoms with Crippen molar-refractivity contribution in [2.75, 3.05) is 6.54 Å². The van der Waals surface area contributed by atoms with Gasteiger partial charge in [-0.05, 0) is 12.8 Å². The molecular weight excluding hydrogens is 162 g/mol. The van der Waals surface area contributed by atoms with Crippen LogP contribution in [0.4, 0.5) is 0 Å². The smallest absolute Gasteiger partial charge is 0.138 e. The summed E-state index contributed by atoms with van der Waals surface area (Å²) in [6, 6.07) is 0.515. The van der Waals surface area contributed by atoms with Gasteiger partial charge in [-0.25, -0.2) is 0 Å². The van der Waals surface area contributed by atoms with Crippen molar-refractivity contribution in [3.63, 3.8) is 0 Å². The monoisotopic (exact) mass is 181 g/mol. The summed E-state index contributed by atoms with van der Waals surface area (Å²) >= 11 is 0. The maximum absolute atomic E-state index is 11.7. The highest BCUT2D eigenvalue weighted by molar-refractivity contribution is 5.82. The lowest BCUT2D eigenvalue weighted by Gasteiger charge is -2.33. The van der Waals surface area contributed by atoms with E-state index in [-0.39, 0.29) is 0 Å². The van der Waals surface area contributed by atoms with Crippen LogP contribution in [0.5, 0.6) is 0 Å². The summed E-state index contributed by atoms with van der Waals surface area (Å²) in [5.74, 6) is 0.875. The molecule has 2 fully saturated rings. The Bertz CT molecular complexity index is 191. The highest BCUT2D eigenvalue weighted by Crippen LogP contribution is 2.26. The second-order valence-corrected chi connectivity index (χ2v) is 4.37. The fourth-order valence-electron chi connectivity index (χ4n) is 2.68. The molecule has 1 aliphatic carbocycles. The Labute approximate surface area is 80.1 Å². The Hall–Kier alpha value is -0.370. The van der Waals surface area contributed by atoms with Gasteiger partial charge < -0.3 is 5.32 Å². The number of Topliss-reactive ketones (excluding diaryl/α,β-unsaturated/α-hetero) is 1. The molecule has 0 aromatic rings. The first-order valence-electron chi connectivity index (χ1n) is 5.64. The van der Waals surface area contributed by atoms with Gasteiger partial charge in [-0.1, -0.05) is 25.7 Å². The van der Waals surface area contributed by atoms with Crippen molar-refractivity contribution in [1.82, 2.24) is 5.32 Å². The number of ketones is 1. The van der Waals surface area contributed by atoms with Gasteiger partial charge in [-0.3, -0.25) is 4.79 Å². The lowest BCUT2D eigenvalue weighted by Crippen LogP contribution is -2.46. The van der Waals surface area contributed by atoms with E-state index in [1.165, 1.54) is 32.1 Å². The van der Waals surface area contributed by atoms with Crippen LogP contribution in [-0.2, 0) is 4.79 Å². The van der Waals surface area contributed by atoms with E-state index in [4.69, 9.17) is 0 Å². The van der Waals surface area contributed by atoms with Crippen molar-refractivity contribution in [1.29, 1.82) is 0 Å². The molecule has 0 aromatic heterocycles. The highest BCUT2D eigenvalue weighted by atomic mass is 16.1. The summed E-state index contributed by atoms with van der Waals surface area (Å²) < 4.78 is 0. The number of rotatable bonds is 0. The summed E-state index contributed by atoms with van der Waals surface area (Å²) in [6.45, 7) is 0.917. The quantitative estimate of drug-likeness (QED) is 0.618. The lowest BCUT2D eigenvalue weighted by molar-refractivity contribution is -0.125. The molecule has 0 amide bonds. The third kappa shape index (κ3) is 2.11. The van der Waals surface area contributed by atoms with E-state index in [0.717, 1.165) is 19.4 Å². The van der Waals surface area contributed by atoms with Crippen molar-refractivity contribution in [3.8, 4) is 0 Å². The molecule has 74 valence electrons. The van der Waals surface area contributed by atoms with Gasteiger partial charge in [-0.2, -0.15) is 0 Å². The van der Waals surface area contributed by atoms with Crippen LogP contribution in [0.25, 0.3) is 0 Å². The number of nitrogens with one attached hydrogen (secondary N) is 1. The van der Waals surface area contributed by atoms with E-state index in [0.29, 0.717) is 17.7 Å². The maximum Gasteiger partial charge on any atom is 0.138 e. The van der Waals surface area contributed by atoms with Gasteiger partial charge in [0, 0.05) is 24.9 Å². The number of piperidine rings is 1. The number of carbonyl (C=O) groups excluding carboxylic acids is 1. The van der Waals surface area contributed by atoms with Gasteiger partial charge in [0.15, 0.2) is 0 Å².